The summed E-state index contributed by atoms with van der Waals surface area (Å²) in [6.07, 6.45) is 2.26. The predicted octanol–water partition coefficient (Wildman–Crippen LogP) is 8.85. The van der Waals surface area contributed by atoms with Gasteiger partial charge in [0.15, 0.2) is 22.9 Å². The molecule has 0 bridgehead atoms. The van der Waals surface area contributed by atoms with E-state index in [2.05, 4.69) is 20.2 Å². The molecule has 364 valence electrons. The van der Waals surface area contributed by atoms with Crippen LogP contribution in [0.15, 0.2) is 152 Å². The van der Waals surface area contributed by atoms with E-state index in [0.717, 1.165) is 25.8 Å². The van der Waals surface area contributed by atoms with Gasteiger partial charge in [0.25, 0.3) is 11.1 Å². The van der Waals surface area contributed by atoms with Gasteiger partial charge < -0.3 is 27.9 Å². The van der Waals surface area contributed by atoms with E-state index in [1.54, 1.807) is 92.1 Å². The van der Waals surface area contributed by atoms with Crippen LogP contribution in [0.5, 0.6) is 5.75 Å². The topological polar surface area (TPSA) is 177 Å². The van der Waals surface area contributed by atoms with Gasteiger partial charge >= 0.3 is 0 Å². The Morgan fingerprint density at radius 2 is 1.37 bits per heavy atom. The first-order valence-electron chi connectivity index (χ1n) is 23.3. The Bertz CT molecular complexity index is 4100. The fourth-order valence-electron chi connectivity index (χ4n) is 9.21. The van der Waals surface area contributed by atoms with Crippen molar-refractivity contribution in [2.24, 2.45) is 0 Å². The van der Waals surface area contributed by atoms with Crippen LogP contribution in [0.4, 0.5) is 20.2 Å². The maximum absolute atomic E-state index is 14.4. The molecule has 0 atom stereocenters. The number of halogens is 2. The molecule has 0 saturated heterocycles. The molecule has 0 saturated carbocycles. The minimum absolute atomic E-state index is 0.268. The van der Waals surface area contributed by atoms with E-state index < -0.39 is 29.4 Å². The van der Waals surface area contributed by atoms with Gasteiger partial charge in [-0.1, -0.05) is 42.5 Å². The first kappa shape index (κ1) is 46.1. The smallest absolute Gasteiger partial charge is 0.277 e. The van der Waals surface area contributed by atoms with Gasteiger partial charge in [0.2, 0.25) is 11.8 Å². The minimum atomic E-state index is -0.504. The number of carbonyl (C=O) groups is 2. The van der Waals surface area contributed by atoms with Crippen molar-refractivity contribution < 1.29 is 31.9 Å². The molecule has 0 aliphatic carbocycles. The second-order valence-corrected chi connectivity index (χ2v) is 17.4. The first-order chi connectivity index (χ1) is 35.4. The van der Waals surface area contributed by atoms with Crippen LogP contribution in [0.2, 0.25) is 0 Å². The predicted molar refractivity (Wildman–Crippen MR) is 272 cm³/mol. The van der Waals surface area contributed by atoms with E-state index in [1.165, 1.54) is 41.2 Å². The monoisotopic (exact) mass is 979 g/mol. The van der Waals surface area contributed by atoms with Gasteiger partial charge in [0.05, 0.1) is 35.3 Å². The highest BCUT2D eigenvalue weighted by Gasteiger charge is 2.23. The highest BCUT2D eigenvalue weighted by atomic mass is 19.1. The fourth-order valence-corrected chi connectivity index (χ4v) is 9.21. The van der Waals surface area contributed by atoms with Crippen LogP contribution < -0.4 is 25.7 Å². The molecule has 0 fully saturated rings. The van der Waals surface area contributed by atoms with E-state index in [9.17, 15) is 28.0 Å². The third kappa shape index (κ3) is 8.72. The molecule has 11 rings (SSSR count). The number of methoxy groups -OCH3 is 1. The van der Waals surface area contributed by atoms with Crippen molar-refractivity contribution >= 4 is 78.0 Å². The number of nitrogens with zero attached hydrogens (tertiary/aromatic N) is 9. The van der Waals surface area contributed by atoms with Crippen molar-refractivity contribution in [3.63, 3.8) is 0 Å². The SMILES string of the molecule is CCN(C(=O)Cn1nc(-c2cccc(F)c2)c2ccc(OC)cc2c1=O)c1ccc2nc(CCc3nc4ccc(N(C)C(=O)Cn5ncc6c(c5=O)c5ccccc5n6Cc5ccc(F)cc5)cc4o3)oc2c1. The van der Waals surface area contributed by atoms with Crippen molar-refractivity contribution in [1.82, 2.24) is 34.1 Å². The van der Waals surface area contributed by atoms with Crippen molar-refractivity contribution in [3.8, 4) is 17.0 Å². The maximum Gasteiger partial charge on any atom is 0.277 e. The molecule has 0 aliphatic heterocycles. The lowest BCUT2D eigenvalue weighted by molar-refractivity contribution is -0.120. The lowest BCUT2D eigenvalue weighted by Crippen LogP contribution is -2.37. The van der Waals surface area contributed by atoms with E-state index in [1.807, 2.05) is 35.8 Å². The Morgan fingerprint density at radius 1 is 0.671 bits per heavy atom. The van der Waals surface area contributed by atoms with Crippen LogP contribution >= 0.6 is 0 Å². The number of carbonyl (C=O) groups excluding carboxylic acids is 2. The zero-order chi connectivity index (χ0) is 50.5. The minimum Gasteiger partial charge on any atom is -0.497 e. The lowest BCUT2D eigenvalue weighted by atomic mass is 10.0. The number of anilines is 2. The van der Waals surface area contributed by atoms with Crippen LogP contribution in [0.1, 0.15) is 24.3 Å². The Labute approximate surface area is 412 Å². The maximum atomic E-state index is 14.4. The molecular weight excluding hydrogens is 937 g/mol. The Hall–Kier alpha value is -9.32. The number of amides is 2. The standard InChI is InChI=1S/C55H43F2N9O7/c1-4-63(51(68)31-66-54(69)41-27-38(71-3)18-19-39(41)53(61-66)33-8-7-9-35(57)24-33)37-17-21-43-47(26-37)73-49(60-43)23-22-48-59-42-20-16-36(25-46(42)72-48)62(2)50(67)30-65-55(70)52-40-10-5-6-11-44(40)64(45(52)28-58-65)29-32-12-14-34(56)15-13-32/h5-21,24-28H,4,22-23,29-31H2,1-3H3. The number of hydrogen-bond donors (Lipinski definition) is 0. The second kappa shape index (κ2) is 18.8. The third-order valence-electron chi connectivity index (χ3n) is 12.9. The highest BCUT2D eigenvalue weighted by molar-refractivity contribution is 6.07. The Kier molecular flexibility index (Phi) is 11.9. The number of ether oxygens (including phenoxy) is 1. The van der Waals surface area contributed by atoms with Gasteiger partial charge in [0, 0.05) is 78.3 Å². The number of hydrogen-bond acceptors (Lipinski definition) is 11. The summed E-state index contributed by atoms with van der Waals surface area (Å²) in [5.74, 6) is -0.316. The van der Waals surface area contributed by atoms with E-state index in [4.69, 9.17) is 13.6 Å². The number of benzene rings is 6. The van der Waals surface area contributed by atoms with Crippen molar-refractivity contribution in [1.29, 1.82) is 0 Å². The summed E-state index contributed by atoms with van der Waals surface area (Å²) in [5, 5.41) is 10.9. The molecule has 0 spiro atoms. The van der Waals surface area contributed by atoms with Crippen LogP contribution in [0.25, 0.3) is 66.0 Å². The lowest BCUT2D eigenvalue weighted by Gasteiger charge is -2.21. The summed E-state index contributed by atoms with van der Waals surface area (Å²) >= 11 is 0. The number of rotatable bonds is 14. The number of aryl methyl sites for hydroxylation is 2. The number of para-hydroxylation sites is 1. The summed E-state index contributed by atoms with van der Waals surface area (Å²) in [6, 6.07) is 35.0. The molecule has 16 nitrogen and oxygen atoms in total. The highest BCUT2D eigenvalue weighted by Crippen LogP contribution is 2.31. The molecular formula is C55H43F2N9O7. The second-order valence-electron chi connectivity index (χ2n) is 17.4. The summed E-state index contributed by atoms with van der Waals surface area (Å²) < 4.78 is 49.9. The summed E-state index contributed by atoms with van der Waals surface area (Å²) in [6.45, 7) is 1.76. The van der Waals surface area contributed by atoms with Crippen molar-refractivity contribution in [3.05, 3.63) is 183 Å². The molecule has 0 N–H and O–H groups in total. The van der Waals surface area contributed by atoms with Crippen LogP contribution in [0.3, 0.4) is 0 Å². The number of aromatic nitrogens is 7. The molecule has 0 aliphatic rings. The third-order valence-corrected chi connectivity index (χ3v) is 12.9. The average molecular weight is 980 g/mol. The van der Waals surface area contributed by atoms with Gasteiger partial charge in [-0.3, -0.25) is 19.2 Å². The van der Waals surface area contributed by atoms with Crippen molar-refractivity contribution in [2.75, 3.05) is 30.5 Å². The van der Waals surface area contributed by atoms with Gasteiger partial charge in [-0.2, -0.15) is 10.2 Å². The number of fused-ring (bicyclic) bond motifs is 6. The molecule has 18 heteroatoms. The fraction of sp³-hybridized carbons (Fsp3) is 0.164. The van der Waals surface area contributed by atoms with Gasteiger partial charge in [-0.15, -0.1) is 0 Å². The zero-order valence-corrected chi connectivity index (χ0v) is 39.6. The summed E-state index contributed by atoms with van der Waals surface area (Å²) in [5.41, 5.74) is 5.24. The largest absolute Gasteiger partial charge is 0.497 e. The molecule has 5 aromatic heterocycles. The molecule has 11 aromatic rings. The Balaban J connectivity index is 0.770. The Morgan fingerprint density at radius 3 is 2.08 bits per heavy atom. The molecule has 5 heterocycles. The molecule has 2 amide bonds. The van der Waals surface area contributed by atoms with E-state index in [-0.39, 0.29) is 30.2 Å². The zero-order valence-electron chi connectivity index (χ0n) is 39.6. The molecule has 73 heavy (non-hydrogen) atoms. The van der Waals surface area contributed by atoms with E-state index >= 15 is 0 Å². The molecule has 0 radical (unpaired) electrons. The van der Waals surface area contributed by atoms with Gasteiger partial charge in [-0.25, -0.2) is 28.1 Å². The van der Waals surface area contributed by atoms with Crippen LogP contribution in [-0.4, -0.2) is 66.6 Å². The number of likely N-dealkylation sites (N-methyl/N-ethyl adjacent to an activating group) is 2. The van der Waals surface area contributed by atoms with Gasteiger partial charge in [-0.05, 0) is 85.3 Å². The van der Waals surface area contributed by atoms with Crippen LogP contribution in [0, 0.1) is 11.6 Å². The average Bonchev–Trinajstić information content (AvgIpc) is 4.11. The first-order valence-corrected chi connectivity index (χ1v) is 23.3. The van der Waals surface area contributed by atoms with Crippen LogP contribution in [-0.2, 0) is 42.1 Å². The summed E-state index contributed by atoms with van der Waals surface area (Å²) in [4.78, 5) is 67.7. The van der Waals surface area contributed by atoms with Crippen molar-refractivity contribution in [2.45, 2.75) is 39.4 Å². The molecule has 0 unspecified atom stereocenters. The quantitative estimate of drug-likeness (QED) is 0.102. The normalized spacial score (nSPS) is 11.6. The number of oxazole rings is 2. The molecule has 6 aromatic carbocycles. The van der Waals surface area contributed by atoms with Gasteiger partial charge in [0.1, 0.15) is 41.5 Å². The summed E-state index contributed by atoms with van der Waals surface area (Å²) in [7, 11) is 3.10. The van der Waals surface area contributed by atoms with E-state index in [0.29, 0.717) is 98.0 Å².